The fourth-order valence-electron chi connectivity index (χ4n) is 2.00. The zero-order valence-electron chi connectivity index (χ0n) is 12.1. The quantitative estimate of drug-likeness (QED) is 0.496. The van der Waals surface area contributed by atoms with Gasteiger partial charge >= 0.3 is 0 Å². The lowest BCUT2D eigenvalue weighted by atomic mass is 10.2. The molecule has 0 fully saturated rings. The van der Waals surface area contributed by atoms with Gasteiger partial charge < -0.3 is 9.15 Å². The Morgan fingerprint density at radius 2 is 2.12 bits per heavy atom. The van der Waals surface area contributed by atoms with Crippen LogP contribution in [0.25, 0.3) is 11.5 Å². The molecule has 0 radical (unpaired) electrons. The summed E-state index contributed by atoms with van der Waals surface area (Å²) in [6.07, 6.45) is 1.39. The van der Waals surface area contributed by atoms with E-state index in [1.165, 1.54) is 36.6 Å². The highest BCUT2D eigenvalue weighted by Gasteiger charge is 2.12. The Morgan fingerprint density at radius 1 is 1.29 bits per heavy atom. The van der Waals surface area contributed by atoms with Crippen molar-refractivity contribution in [3.8, 4) is 17.2 Å². The summed E-state index contributed by atoms with van der Waals surface area (Å²) in [5.41, 5.74) is 0.862. The lowest BCUT2D eigenvalue weighted by molar-refractivity contribution is -0.384. The van der Waals surface area contributed by atoms with Crippen LogP contribution in [0.4, 0.5) is 10.1 Å². The van der Waals surface area contributed by atoms with Crippen LogP contribution in [0.2, 0.25) is 5.02 Å². The zero-order valence-corrected chi connectivity index (χ0v) is 12.9. The van der Waals surface area contributed by atoms with Gasteiger partial charge in [-0.15, -0.1) is 0 Å². The summed E-state index contributed by atoms with van der Waals surface area (Å²) in [6.45, 7) is 0.0519. The second-order valence-corrected chi connectivity index (χ2v) is 5.22. The van der Waals surface area contributed by atoms with Crippen molar-refractivity contribution in [2.45, 2.75) is 6.61 Å². The van der Waals surface area contributed by atoms with Crippen molar-refractivity contribution in [2.75, 3.05) is 0 Å². The first-order valence-corrected chi connectivity index (χ1v) is 7.18. The highest BCUT2D eigenvalue weighted by molar-refractivity contribution is 6.32. The molecule has 0 unspecified atom stereocenters. The molecule has 0 saturated heterocycles. The van der Waals surface area contributed by atoms with Crippen molar-refractivity contribution in [3.63, 3.8) is 0 Å². The molecule has 122 valence electrons. The number of rotatable bonds is 5. The molecule has 0 saturated carbocycles. The molecule has 8 heteroatoms. The Bertz CT molecular complexity index is 897. The minimum Gasteiger partial charge on any atom is -0.486 e. The zero-order chi connectivity index (χ0) is 17.1. The molecule has 1 heterocycles. The molecule has 0 N–H and O–H groups in total. The standard InChI is InChI=1S/C16H10ClFN2O4/c17-14-7-13(20(21)22)4-5-15(14)23-8-12-9-24-16(19-12)10-2-1-3-11(18)6-10/h1-7,9H,8H2. The van der Waals surface area contributed by atoms with E-state index in [4.69, 9.17) is 20.8 Å². The van der Waals surface area contributed by atoms with Gasteiger partial charge in [0.25, 0.3) is 5.69 Å². The molecule has 24 heavy (non-hydrogen) atoms. The third kappa shape index (κ3) is 3.52. The number of halogens is 2. The fourth-order valence-corrected chi connectivity index (χ4v) is 2.23. The van der Waals surface area contributed by atoms with E-state index in [2.05, 4.69) is 4.98 Å². The van der Waals surface area contributed by atoms with Gasteiger partial charge in [-0.25, -0.2) is 9.37 Å². The number of nitrogens with zero attached hydrogens (tertiary/aromatic N) is 2. The largest absolute Gasteiger partial charge is 0.486 e. The molecule has 3 rings (SSSR count). The van der Waals surface area contributed by atoms with Gasteiger partial charge in [0.15, 0.2) is 0 Å². The van der Waals surface area contributed by atoms with Gasteiger partial charge in [0.1, 0.15) is 30.1 Å². The summed E-state index contributed by atoms with van der Waals surface area (Å²) in [6, 6.07) is 9.78. The number of nitro benzene ring substituents is 1. The van der Waals surface area contributed by atoms with Crippen molar-refractivity contribution in [3.05, 3.63) is 75.4 Å². The summed E-state index contributed by atoms with van der Waals surface area (Å²) >= 11 is 5.94. The van der Waals surface area contributed by atoms with Crippen LogP contribution in [-0.2, 0) is 6.61 Å². The molecule has 0 aliphatic carbocycles. The van der Waals surface area contributed by atoms with Crippen LogP contribution in [0.5, 0.6) is 5.75 Å². The highest BCUT2D eigenvalue weighted by Crippen LogP contribution is 2.29. The second-order valence-electron chi connectivity index (χ2n) is 4.81. The number of non-ortho nitro benzene ring substituents is 1. The first-order valence-electron chi connectivity index (χ1n) is 6.80. The first-order chi connectivity index (χ1) is 11.5. The molecule has 2 aromatic carbocycles. The summed E-state index contributed by atoms with van der Waals surface area (Å²) < 4.78 is 24.0. The van der Waals surface area contributed by atoms with E-state index in [1.54, 1.807) is 12.1 Å². The Kier molecular flexibility index (Phi) is 4.43. The van der Waals surface area contributed by atoms with Gasteiger partial charge in [0.2, 0.25) is 5.89 Å². The normalized spacial score (nSPS) is 10.6. The number of aromatic nitrogens is 1. The van der Waals surface area contributed by atoms with E-state index >= 15 is 0 Å². The lowest BCUT2D eigenvalue weighted by Gasteiger charge is -2.05. The van der Waals surface area contributed by atoms with Gasteiger partial charge in [0.05, 0.1) is 9.95 Å². The maximum Gasteiger partial charge on any atom is 0.271 e. The maximum absolute atomic E-state index is 13.2. The Labute approximate surface area is 140 Å². The van der Waals surface area contributed by atoms with E-state index in [0.717, 1.165) is 0 Å². The highest BCUT2D eigenvalue weighted by atomic mass is 35.5. The van der Waals surface area contributed by atoms with Crippen LogP contribution in [0, 0.1) is 15.9 Å². The van der Waals surface area contributed by atoms with Crippen LogP contribution in [0.3, 0.4) is 0 Å². The number of hydrogen-bond donors (Lipinski definition) is 0. The number of nitro groups is 1. The molecule has 6 nitrogen and oxygen atoms in total. The monoisotopic (exact) mass is 348 g/mol. The molecule has 0 atom stereocenters. The molecule has 0 bridgehead atoms. The van der Waals surface area contributed by atoms with Crippen LogP contribution in [0.15, 0.2) is 53.1 Å². The van der Waals surface area contributed by atoms with E-state index in [-0.39, 0.29) is 34.8 Å². The summed E-state index contributed by atoms with van der Waals surface area (Å²) in [5.74, 6) is 0.168. The molecular formula is C16H10ClFN2O4. The third-order valence-electron chi connectivity index (χ3n) is 3.13. The van der Waals surface area contributed by atoms with Gasteiger partial charge in [-0.05, 0) is 24.3 Å². The molecule has 0 amide bonds. The predicted molar refractivity (Wildman–Crippen MR) is 84.3 cm³/mol. The summed E-state index contributed by atoms with van der Waals surface area (Å²) in [7, 11) is 0. The van der Waals surface area contributed by atoms with Gasteiger partial charge in [0, 0.05) is 17.7 Å². The number of hydrogen-bond acceptors (Lipinski definition) is 5. The van der Waals surface area contributed by atoms with Crippen LogP contribution in [0.1, 0.15) is 5.69 Å². The maximum atomic E-state index is 13.2. The SMILES string of the molecule is O=[N+]([O-])c1ccc(OCc2coc(-c3cccc(F)c3)n2)c(Cl)c1. The minimum atomic E-state index is -0.543. The van der Waals surface area contributed by atoms with E-state index in [9.17, 15) is 14.5 Å². The Hall–Kier alpha value is -2.93. The van der Waals surface area contributed by atoms with Crippen LogP contribution >= 0.6 is 11.6 Å². The molecule has 0 spiro atoms. The molecule has 3 aromatic rings. The number of benzene rings is 2. The third-order valence-corrected chi connectivity index (χ3v) is 3.42. The van der Waals surface area contributed by atoms with Gasteiger partial charge in [-0.1, -0.05) is 17.7 Å². The lowest BCUT2D eigenvalue weighted by Crippen LogP contribution is -1.97. The van der Waals surface area contributed by atoms with Crippen molar-refractivity contribution in [1.82, 2.24) is 4.98 Å². The molecular weight excluding hydrogens is 339 g/mol. The van der Waals surface area contributed by atoms with Gasteiger partial charge in [-0.2, -0.15) is 0 Å². The van der Waals surface area contributed by atoms with Crippen molar-refractivity contribution in [2.24, 2.45) is 0 Å². The average Bonchev–Trinajstić information content (AvgIpc) is 3.02. The van der Waals surface area contributed by atoms with Crippen molar-refractivity contribution in [1.29, 1.82) is 0 Å². The van der Waals surface area contributed by atoms with Crippen LogP contribution < -0.4 is 4.74 Å². The Balaban J connectivity index is 1.71. The van der Waals surface area contributed by atoms with Crippen molar-refractivity contribution >= 4 is 17.3 Å². The first kappa shape index (κ1) is 15.9. The number of oxazole rings is 1. The second kappa shape index (κ2) is 6.67. The van der Waals surface area contributed by atoms with E-state index in [0.29, 0.717) is 11.3 Å². The molecule has 0 aliphatic heterocycles. The smallest absolute Gasteiger partial charge is 0.271 e. The predicted octanol–water partition coefficient (Wildman–Crippen LogP) is 4.62. The summed E-state index contributed by atoms with van der Waals surface area (Å²) in [4.78, 5) is 14.3. The molecule has 0 aliphatic rings. The van der Waals surface area contributed by atoms with E-state index < -0.39 is 4.92 Å². The average molecular weight is 349 g/mol. The van der Waals surface area contributed by atoms with Crippen LogP contribution in [-0.4, -0.2) is 9.91 Å². The molecule has 1 aromatic heterocycles. The van der Waals surface area contributed by atoms with Crippen molar-refractivity contribution < 1.29 is 18.5 Å². The fraction of sp³-hybridized carbons (Fsp3) is 0.0625. The van der Waals surface area contributed by atoms with E-state index in [1.807, 2.05) is 0 Å². The topological polar surface area (TPSA) is 78.4 Å². The Morgan fingerprint density at radius 3 is 2.83 bits per heavy atom. The summed E-state index contributed by atoms with van der Waals surface area (Å²) in [5, 5.41) is 10.8. The minimum absolute atomic E-state index is 0.0519. The number of ether oxygens (including phenoxy) is 1. The van der Waals surface area contributed by atoms with Gasteiger partial charge in [-0.3, -0.25) is 10.1 Å².